The minimum atomic E-state index is -0.249. The van der Waals surface area contributed by atoms with Gasteiger partial charge in [-0.1, -0.05) is 19.1 Å². The van der Waals surface area contributed by atoms with Crippen molar-refractivity contribution in [1.29, 1.82) is 0 Å². The van der Waals surface area contributed by atoms with E-state index < -0.39 is 0 Å². The van der Waals surface area contributed by atoms with E-state index in [4.69, 9.17) is 34.0 Å². The molecule has 0 saturated heterocycles. The molecule has 0 atom stereocenters. The van der Waals surface area contributed by atoms with Gasteiger partial charge in [0.1, 0.15) is 0 Å². The number of amides is 1. The molecule has 6 heteroatoms. The Hall–Kier alpha value is -1.07. The monoisotopic (exact) mass is 260 g/mol. The molecular weight excluding hydrogens is 248 g/mol. The number of hydrogen-bond acceptors (Lipinski definition) is 3. The van der Waals surface area contributed by atoms with Gasteiger partial charge in [0.05, 0.1) is 11.5 Å². The highest BCUT2D eigenvalue weighted by atomic mass is 35.5. The average Bonchev–Trinajstić information content (AvgIpc) is 2.62. The Kier molecular flexibility index (Phi) is 4.76. The zero-order valence-corrected chi connectivity index (χ0v) is 10.5. The number of nitrogens with zero attached hydrogens (tertiary/aromatic N) is 1. The summed E-state index contributed by atoms with van der Waals surface area (Å²) in [7, 11) is 0. The lowest BCUT2D eigenvalue weighted by Crippen LogP contribution is -2.38. The van der Waals surface area contributed by atoms with Gasteiger partial charge in [-0.3, -0.25) is 4.79 Å². The van der Waals surface area contributed by atoms with Crippen LogP contribution < -0.4 is 5.73 Å². The fraction of sp³-hybridized carbons (Fsp3) is 0.400. The summed E-state index contributed by atoms with van der Waals surface area (Å²) in [5.74, 6) is -0.0451. The molecule has 4 nitrogen and oxygen atoms in total. The fourth-order valence-corrected chi connectivity index (χ4v) is 1.60. The SMILES string of the molecule is CCCN(CC(N)=S)C(=O)c1ccc(Cl)o1. The minimum Gasteiger partial charge on any atom is -0.440 e. The highest BCUT2D eigenvalue weighted by Crippen LogP contribution is 2.15. The minimum absolute atomic E-state index is 0.190. The van der Waals surface area contributed by atoms with Crippen LogP contribution in [0.3, 0.4) is 0 Å². The van der Waals surface area contributed by atoms with Gasteiger partial charge < -0.3 is 15.1 Å². The lowest BCUT2D eigenvalue weighted by molar-refractivity contribution is 0.0748. The number of thiocarbonyl (C=S) groups is 1. The number of carbonyl (C=O) groups is 1. The average molecular weight is 261 g/mol. The number of rotatable bonds is 5. The first kappa shape index (κ1) is 13.0. The number of carbonyl (C=O) groups excluding carboxylic acids is 1. The van der Waals surface area contributed by atoms with Crippen LogP contribution in [-0.2, 0) is 0 Å². The first-order chi connectivity index (χ1) is 7.54. The first-order valence-corrected chi connectivity index (χ1v) is 5.66. The van der Waals surface area contributed by atoms with Gasteiger partial charge in [-0.05, 0) is 30.2 Å². The molecule has 16 heavy (non-hydrogen) atoms. The van der Waals surface area contributed by atoms with E-state index in [9.17, 15) is 4.79 Å². The van der Waals surface area contributed by atoms with Crippen molar-refractivity contribution in [2.45, 2.75) is 13.3 Å². The van der Waals surface area contributed by atoms with Crippen molar-refractivity contribution in [2.24, 2.45) is 5.73 Å². The van der Waals surface area contributed by atoms with Crippen LogP contribution in [0.1, 0.15) is 23.9 Å². The fourth-order valence-electron chi connectivity index (χ4n) is 1.30. The van der Waals surface area contributed by atoms with Crippen molar-refractivity contribution in [2.75, 3.05) is 13.1 Å². The van der Waals surface area contributed by atoms with Crippen LogP contribution in [0.25, 0.3) is 0 Å². The Morgan fingerprint density at radius 1 is 1.62 bits per heavy atom. The third-order valence-corrected chi connectivity index (χ3v) is 2.24. The predicted molar refractivity (Wildman–Crippen MR) is 66.7 cm³/mol. The van der Waals surface area contributed by atoms with Crippen LogP contribution in [0.15, 0.2) is 16.5 Å². The van der Waals surface area contributed by atoms with E-state index in [0.29, 0.717) is 6.54 Å². The summed E-state index contributed by atoms with van der Waals surface area (Å²) >= 11 is 10.4. The molecule has 1 amide bonds. The summed E-state index contributed by atoms with van der Waals surface area (Å²) < 4.78 is 5.04. The quantitative estimate of drug-likeness (QED) is 0.824. The molecule has 0 unspecified atom stereocenters. The number of hydrogen-bond donors (Lipinski definition) is 1. The van der Waals surface area contributed by atoms with Crippen LogP contribution in [0.4, 0.5) is 0 Å². The molecule has 0 aliphatic rings. The van der Waals surface area contributed by atoms with Gasteiger partial charge in [0.15, 0.2) is 11.0 Å². The molecular formula is C10H13ClN2O2S. The third-order valence-electron chi connectivity index (χ3n) is 1.91. The molecule has 0 aliphatic heterocycles. The Morgan fingerprint density at radius 3 is 2.75 bits per heavy atom. The second-order valence-electron chi connectivity index (χ2n) is 3.30. The first-order valence-electron chi connectivity index (χ1n) is 4.87. The van der Waals surface area contributed by atoms with Crippen LogP contribution in [0.2, 0.25) is 5.22 Å². The topological polar surface area (TPSA) is 59.5 Å². The Morgan fingerprint density at radius 2 is 2.31 bits per heavy atom. The maximum atomic E-state index is 11.9. The van der Waals surface area contributed by atoms with Gasteiger partial charge in [0.2, 0.25) is 0 Å². The molecule has 1 aromatic rings. The predicted octanol–water partition coefficient (Wildman–Crippen LogP) is 2.07. The second-order valence-corrected chi connectivity index (χ2v) is 4.19. The van der Waals surface area contributed by atoms with Gasteiger partial charge in [0.25, 0.3) is 5.91 Å². The molecule has 0 aromatic carbocycles. The molecule has 2 N–H and O–H groups in total. The number of halogens is 1. The summed E-state index contributed by atoms with van der Waals surface area (Å²) in [5, 5.41) is 0.190. The second kappa shape index (κ2) is 5.86. The van der Waals surface area contributed by atoms with E-state index in [0.717, 1.165) is 6.42 Å². The summed E-state index contributed by atoms with van der Waals surface area (Å²) in [4.78, 5) is 13.8. The zero-order valence-electron chi connectivity index (χ0n) is 8.90. The summed E-state index contributed by atoms with van der Waals surface area (Å²) in [6, 6.07) is 3.06. The lowest BCUT2D eigenvalue weighted by atomic mass is 10.3. The molecule has 1 aromatic heterocycles. The van der Waals surface area contributed by atoms with Gasteiger partial charge in [0, 0.05) is 6.54 Å². The van der Waals surface area contributed by atoms with Gasteiger partial charge in [-0.2, -0.15) is 0 Å². The van der Waals surface area contributed by atoms with Crippen LogP contribution in [-0.4, -0.2) is 28.9 Å². The number of nitrogens with two attached hydrogens (primary N) is 1. The summed E-state index contributed by atoms with van der Waals surface area (Å²) in [6.45, 7) is 2.80. The maximum Gasteiger partial charge on any atom is 0.290 e. The van der Waals surface area contributed by atoms with Crippen molar-refractivity contribution in [3.8, 4) is 0 Å². The molecule has 1 heterocycles. The van der Waals surface area contributed by atoms with E-state index in [1.165, 1.54) is 17.0 Å². The smallest absolute Gasteiger partial charge is 0.290 e. The largest absolute Gasteiger partial charge is 0.440 e. The van der Waals surface area contributed by atoms with Crippen molar-refractivity contribution in [3.05, 3.63) is 23.1 Å². The molecule has 0 spiro atoms. The van der Waals surface area contributed by atoms with E-state index >= 15 is 0 Å². The molecule has 0 saturated carbocycles. The Balaban J connectivity index is 2.78. The highest BCUT2D eigenvalue weighted by molar-refractivity contribution is 7.80. The third kappa shape index (κ3) is 3.50. The van der Waals surface area contributed by atoms with Gasteiger partial charge in [-0.25, -0.2) is 0 Å². The van der Waals surface area contributed by atoms with E-state index in [2.05, 4.69) is 0 Å². The van der Waals surface area contributed by atoms with Gasteiger partial charge in [-0.15, -0.1) is 0 Å². The molecule has 0 aliphatic carbocycles. The molecule has 0 fully saturated rings. The lowest BCUT2D eigenvalue weighted by Gasteiger charge is -2.19. The van der Waals surface area contributed by atoms with Crippen LogP contribution in [0, 0.1) is 0 Å². The van der Waals surface area contributed by atoms with Crippen molar-refractivity contribution in [1.82, 2.24) is 4.90 Å². The maximum absolute atomic E-state index is 11.9. The standard InChI is InChI=1S/C10H13ClN2O2S/c1-2-5-13(6-9(12)16)10(14)7-3-4-8(11)15-7/h3-4H,2,5-6H2,1H3,(H2,12,16). The number of furan rings is 1. The molecule has 88 valence electrons. The van der Waals surface area contributed by atoms with Crippen molar-refractivity contribution < 1.29 is 9.21 Å². The van der Waals surface area contributed by atoms with Crippen molar-refractivity contribution in [3.63, 3.8) is 0 Å². The highest BCUT2D eigenvalue weighted by Gasteiger charge is 2.18. The van der Waals surface area contributed by atoms with Crippen LogP contribution in [0.5, 0.6) is 0 Å². The summed E-state index contributed by atoms with van der Waals surface area (Å²) in [6.07, 6.45) is 0.822. The van der Waals surface area contributed by atoms with E-state index in [1.54, 1.807) is 0 Å². The Bertz CT molecular complexity index is 392. The molecule has 0 radical (unpaired) electrons. The summed E-state index contributed by atoms with van der Waals surface area (Å²) in [5.41, 5.74) is 5.43. The Labute approximate surface area is 104 Å². The van der Waals surface area contributed by atoms with Crippen molar-refractivity contribution >= 4 is 34.7 Å². The molecule has 1 rings (SSSR count). The normalized spacial score (nSPS) is 10.1. The van der Waals surface area contributed by atoms with Gasteiger partial charge >= 0.3 is 0 Å². The molecule has 0 bridgehead atoms. The zero-order chi connectivity index (χ0) is 12.1. The van der Waals surface area contributed by atoms with Crippen LogP contribution >= 0.6 is 23.8 Å². The van der Waals surface area contributed by atoms with E-state index in [1.807, 2.05) is 6.92 Å². The van der Waals surface area contributed by atoms with E-state index in [-0.39, 0.29) is 28.4 Å².